The van der Waals surface area contributed by atoms with E-state index in [9.17, 15) is 9.59 Å². The number of rotatable bonds is 2. The smallest absolute Gasteiger partial charge is 0.255 e. The van der Waals surface area contributed by atoms with Gasteiger partial charge in [-0.15, -0.1) is 0 Å². The van der Waals surface area contributed by atoms with E-state index in [1.54, 1.807) is 17.0 Å². The molecule has 0 radical (unpaired) electrons. The summed E-state index contributed by atoms with van der Waals surface area (Å²) in [5, 5.41) is 2.84. The minimum Gasteiger partial charge on any atom is -0.481 e. The van der Waals surface area contributed by atoms with E-state index in [0.717, 1.165) is 12.8 Å². The van der Waals surface area contributed by atoms with E-state index in [4.69, 9.17) is 9.47 Å². The van der Waals surface area contributed by atoms with Crippen LogP contribution in [0.15, 0.2) is 18.3 Å². The Labute approximate surface area is 128 Å². The Kier molecular flexibility index (Phi) is 3.98. The Morgan fingerprint density at radius 3 is 2.73 bits per heavy atom. The Morgan fingerprint density at radius 1 is 1.41 bits per heavy atom. The fraction of sp³-hybridized carbons (Fsp3) is 0.533. The van der Waals surface area contributed by atoms with Gasteiger partial charge in [0, 0.05) is 31.9 Å². The molecule has 2 aliphatic rings. The van der Waals surface area contributed by atoms with E-state index < -0.39 is 0 Å². The van der Waals surface area contributed by atoms with Gasteiger partial charge in [0.2, 0.25) is 11.8 Å². The molecule has 7 nitrogen and oxygen atoms in total. The van der Waals surface area contributed by atoms with Crippen molar-refractivity contribution in [3.8, 4) is 5.88 Å². The summed E-state index contributed by atoms with van der Waals surface area (Å²) in [4.78, 5) is 29.5. The molecule has 3 rings (SSSR count). The van der Waals surface area contributed by atoms with E-state index in [1.165, 1.54) is 13.3 Å². The lowest BCUT2D eigenvalue weighted by Gasteiger charge is -2.43. The molecule has 118 valence electrons. The number of methoxy groups -OCH3 is 1. The number of aromatic nitrogens is 1. The summed E-state index contributed by atoms with van der Waals surface area (Å²) in [6.07, 6.45) is 2.98. The highest BCUT2D eigenvalue weighted by Crippen LogP contribution is 2.28. The highest BCUT2D eigenvalue weighted by Gasteiger charge is 2.40. The van der Waals surface area contributed by atoms with Crippen molar-refractivity contribution in [2.24, 2.45) is 0 Å². The summed E-state index contributed by atoms with van der Waals surface area (Å²) in [5.41, 5.74) is 0.234. The van der Waals surface area contributed by atoms with Crippen LogP contribution in [-0.2, 0) is 9.53 Å². The maximum absolute atomic E-state index is 12.5. The maximum atomic E-state index is 12.5. The van der Waals surface area contributed by atoms with Crippen molar-refractivity contribution in [3.05, 3.63) is 23.9 Å². The summed E-state index contributed by atoms with van der Waals surface area (Å²) in [6.45, 7) is 1.86. The maximum Gasteiger partial charge on any atom is 0.255 e. The lowest BCUT2D eigenvalue weighted by Crippen LogP contribution is -2.58. The van der Waals surface area contributed by atoms with Gasteiger partial charge in [-0.1, -0.05) is 0 Å². The normalized spacial score (nSPS) is 20.6. The van der Waals surface area contributed by atoms with Crippen molar-refractivity contribution >= 4 is 11.8 Å². The third-order valence-electron chi connectivity index (χ3n) is 4.27. The van der Waals surface area contributed by atoms with Crippen LogP contribution in [0.5, 0.6) is 5.88 Å². The van der Waals surface area contributed by atoms with E-state index in [-0.39, 0.29) is 24.0 Å². The first-order valence-corrected chi connectivity index (χ1v) is 7.32. The van der Waals surface area contributed by atoms with Gasteiger partial charge >= 0.3 is 0 Å². The van der Waals surface area contributed by atoms with Crippen LogP contribution >= 0.6 is 0 Å². The molecule has 1 aromatic heterocycles. The van der Waals surface area contributed by atoms with E-state index in [1.807, 2.05) is 0 Å². The molecule has 0 atom stereocenters. The zero-order chi connectivity index (χ0) is 15.6. The minimum absolute atomic E-state index is 0.0372. The van der Waals surface area contributed by atoms with Crippen LogP contribution in [0.25, 0.3) is 0 Å². The van der Waals surface area contributed by atoms with Crippen molar-refractivity contribution < 1.29 is 19.1 Å². The third kappa shape index (κ3) is 2.89. The molecular formula is C15H19N3O4. The summed E-state index contributed by atoms with van der Waals surface area (Å²) in [5.74, 6) is 0.374. The highest BCUT2D eigenvalue weighted by molar-refractivity contribution is 5.94. The fourth-order valence-electron chi connectivity index (χ4n) is 2.83. The molecule has 0 bridgehead atoms. The molecule has 1 aromatic rings. The first kappa shape index (κ1) is 14.8. The van der Waals surface area contributed by atoms with Crippen LogP contribution in [0.1, 0.15) is 23.2 Å². The number of morpholine rings is 1. The molecule has 0 saturated carbocycles. The van der Waals surface area contributed by atoms with Crippen molar-refractivity contribution in [3.63, 3.8) is 0 Å². The standard InChI is InChI=1S/C15H19N3O4/c1-21-13-3-2-11(8-16-13)14(20)18-6-4-15(5-7-18)10-17-12(19)9-22-15/h2-3,8H,4-7,9-10H2,1H3,(H,17,19). The largest absolute Gasteiger partial charge is 0.481 e. The summed E-state index contributed by atoms with van der Waals surface area (Å²) < 4.78 is 10.7. The number of nitrogens with zero attached hydrogens (tertiary/aromatic N) is 2. The van der Waals surface area contributed by atoms with Gasteiger partial charge in [-0.25, -0.2) is 4.98 Å². The molecule has 1 N–H and O–H groups in total. The number of carbonyl (C=O) groups is 2. The Hall–Kier alpha value is -2.15. The molecule has 0 aliphatic carbocycles. The van der Waals surface area contributed by atoms with Gasteiger partial charge in [-0.2, -0.15) is 0 Å². The second kappa shape index (κ2) is 5.92. The van der Waals surface area contributed by atoms with Crippen LogP contribution in [0.2, 0.25) is 0 Å². The summed E-state index contributed by atoms with van der Waals surface area (Å²) >= 11 is 0. The van der Waals surface area contributed by atoms with Crippen LogP contribution in [0, 0.1) is 0 Å². The zero-order valence-corrected chi connectivity index (χ0v) is 12.5. The molecule has 3 heterocycles. The number of hydrogen-bond donors (Lipinski definition) is 1. The molecule has 2 fully saturated rings. The van der Waals surface area contributed by atoms with Gasteiger partial charge in [0.1, 0.15) is 6.61 Å². The van der Waals surface area contributed by atoms with E-state index in [2.05, 4.69) is 10.3 Å². The fourth-order valence-corrected chi connectivity index (χ4v) is 2.83. The van der Waals surface area contributed by atoms with Crippen LogP contribution in [0.3, 0.4) is 0 Å². The van der Waals surface area contributed by atoms with Gasteiger partial charge in [0.15, 0.2) is 0 Å². The number of carbonyl (C=O) groups excluding carboxylic acids is 2. The first-order chi connectivity index (χ1) is 10.6. The molecule has 7 heteroatoms. The monoisotopic (exact) mass is 305 g/mol. The van der Waals surface area contributed by atoms with E-state index >= 15 is 0 Å². The predicted molar refractivity (Wildman–Crippen MR) is 77.6 cm³/mol. The lowest BCUT2D eigenvalue weighted by atomic mass is 9.89. The Bertz CT molecular complexity index is 553. The predicted octanol–water partition coefficient (Wildman–Crippen LogP) is 0.211. The van der Waals surface area contributed by atoms with Crippen molar-refractivity contribution in [2.75, 3.05) is 33.4 Å². The van der Waals surface area contributed by atoms with Gasteiger partial charge in [0.25, 0.3) is 5.91 Å². The molecule has 1 spiro atoms. The van der Waals surface area contributed by atoms with Crippen molar-refractivity contribution in [2.45, 2.75) is 18.4 Å². The van der Waals surface area contributed by atoms with Crippen LogP contribution in [0.4, 0.5) is 0 Å². The van der Waals surface area contributed by atoms with E-state index in [0.29, 0.717) is 31.1 Å². The zero-order valence-electron chi connectivity index (χ0n) is 12.5. The topological polar surface area (TPSA) is 80.8 Å². The molecule has 0 unspecified atom stereocenters. The number of pyridine rings is 1. The lowest BCUT2D eigenvalue weighted by molar-refractivity contribution is -0.149. The third-order valence-corrected chi connectivity index (χ3v) is 4.27. The average molecular weight is 305 g/mol. The molecule has 22 heavy (non-hydrogen) atoms. The molecule has 0 aromatic carbocycles. The van der Waals surface area contributed by atoms with Crippen LogP contribution < -0.4 is 10.1 Å². The Morgan fingerprint density at radius 2 is 2.18 bits per heavy atom. The molecule has 2 amide bonds. The molecular weight excluding hydrogens is 286 g/mol. The van der Waals surface area contributed by atoms with Gasteiger partial charge in [0.05, 0.1) is 18.3 Å². The van der Waals surface area contributed by atoms with Gasteiger partial charge in [-0.3, -0.25) is 9.59 Å². The van der Waals surface area contributed by atoms with Gasteiger partial charge < -0.3 is 19.7 Å². The van der Waals surface area contributed by atoms with Gasteiger partial charge in [-0.05, 0) is 18.9 Å². The molecule has 2 saturated heterocycles. The minimum atomic E-state index is -0.317. The summed E-state index contributed by atoms with van der Waals surface area (Å²) in [7, 11) is 1.54. The highest BCUT2D eigenvalue weighted by atomic mass is 16.5. The summed E-state index contributed by atoms with van der Waals surface area (Å²) in [6, 6.07) is 3.40. The number of ether oxygens (including phenoxy) is 2. The number of likely N-dealkylation sites (tertiary alicyclic amines) is 1. The molecule has 2 aliphatic heterocycles. The number of piperidine rings is 1. The SMILES string of the molecule is COc1ccc(C(=O)N2CCC3(CC2)CNC(=O)CO3)cn1. The second-order valence-electron chi connectivity index (χ2n) is 5.63. The number of hydrogen-bond acceptors (Lipinski definition) is 5. The van der Waals surface area contributed by atoms with Crippen molar-refractivity contribution in [1.82, 2.24) is 15.2 Å². The average Bonchev–Trinajstić information content (AvgIpc) is 2.58. The van der Waals surface area contributed by atoms with Crippen molar-refractivity contribution in [1.29, 1.82) is 0 Å². The quantitative estimate of drug-likeness (QED) is 0.845. The second-order valence-corrected chi connectivity index (χ2v) is 5.63. The number of nitrogens with one attached hydrogen (secondary N) is 1. The van der Waals surface area contributed by atoms with Crippen LogP contribution in [-0.4, -0.2) is 60.7 Å². The Balaban J connectivity index is 1.60. The first-order valence-electron chi connectivity index (χ1n) is 7.32. The number of amides is 2.